The van der Waals surface area contributed by atoms with Crippen molar-refractivity contribution in [2.24, 2.45) is 0 Å². The number of rotatable bonds is 0. The zero-order valence-corrected chi connectivity index (χ0v) is 3.89. The number of hydrogen-bond donors (Lipinski definition) is 1. The van der Waals surface area contributed by atoms with Crippen molar-refractivity contribution < 1.29 is 5.11 Å². The topological polar surface area (TPSA) is 20.2 Å². The Labute approximate surface area is 42.3 Å². The van der Waals surface area contributed by atoms with Crippen LogP contribution in [-0.2, 0) is 0 Å². The second-order valence-corrected chi connectivity index (χ2v) is 1.46. The van der Waals surface area contributed by atoms with Crippen LogP contribution in [0.1, 0.15) is 6.42 Å². The molecular weight excluding hydrogens is 88.1 g/mol. The first-order valence-electron chi connectivity index (χ1n) is 2.24. The van der Waals surface area contributed by atoms with Crippen molar-refractivity contribution in [2.75, 3.05) is 0 Å². The number of hydrogen-bond acceptors (Lipinski definition) is 1. The molecule has 0 saturated carbocycles. The Bertz CT molecular complexity index is 146. The fourth-order valence-electron chi connectivity index (χ4n) is 0.451. The van der Waals surface area contributed by atoms with Gasteiger partial charge in [0.2, 0.25) is 0 Å². The molecule has 0 amide bonds. The quantitative estimate of drug-likeness (QED) is 0.436. The molecule has 1 nitrogen and oxygen atoms in total. The highest BCUT2D eigenvalue weighted by molar-refractivity contribution is 4.99. The maximum Gasteiger partial charge on any atom is 0.0841 e. The highest BCUT2D eigenvalue weighted by atomic mass is 16.3. The molecule has 1 unspecified atom stereocenters. The van der Waals surface area contributed by atoms with Gasteiger partial charge in [-0.25, -0.2) is 0 Å². The molecule has 0 aliphatic heterocycles. The van der Waals surface area contributed by atoms with Crippen molar-refractivity contribution in [1.82, 2.24) is 0 Å². The van der Waals surface area contributed by atoms with E-state index in [9.17, 15) is 0 Å². The fraction of sp³-hybridized carbons (Fsp3) is 0.333. The van der Waals surface area contributed by atoms with Gasteiger partial charge in [-0.3, -0.25) is 0 Å². The molecule has 1 rings (SSSR count). The van der Waals surface area contributed by atoms with E-state index >= 15 is 0 Å². The van der Waals surface area contributed by atoms with Crippen molar-refractivity contribution in [3.8, 4) is 0 Å². The Morgan fingerprint density at radius 3 is 2.71 bits per heavy atom. The van der Waals surface area contributed by atoms with Crippen molar-refractivity contribution in [3.63, 3.8) is 0 Å². The van der Waals surface area contributed by atoms with Crippen molar-refractivity contribution in [1.29, 1.82) is 0 Å². The predicted octanol–water partition coefficient (Wildman–Crippen LogP) is 0.617. The third-order valence-electron chi connectivity index (χ3n) is 0.820. The Morgan fingerprint density at radius 2 is 2.43 bits per heavy atom. The van der Waals surface area contributed by atoms with Crippen LogP contribution in [0.2, 0.25) is 0 Å². The first kappa shape index (κ1) is 4.42. The Balaban J connectivity index is 2.78. The van der Waals surface area contributed by atoms with E-state index in [4.69, 9.17) is 5.11 Å². The summed E-state index contributed by atoms with van der Waals surface area (Å²) in [7, 11) is 0. The van der Waals surface area contributed by atoms with Gasteiger partial charge in [0.25, 0.3) is 0 Å². The van der Waals surface area contributed by atoms with Gasteiger partial charge in [0.1, 0.15) is 0 Å². The molecule has 0 heterocycles. The summed E-state index contributed by atoms with van der Waals surface area (Å²) in [6.07, 6.45) is 3.73. The summed E-state index contributed by atoms with van der Waals surface area (Å²) in [5, 5.41) is 8.72. The second kappa shape index (κ2) is 1.81. The first-order valence-corrected chi connectivity index (χ1v) is 2.24. The number of aliphatic hydroxyl groups excluding tert-OH is 1. The maximum atomic E-state index is 8.72. The molecule has 0 saturated heterocycles. The Morgan fingerprint density at radius 1 is 1.57 bits per heavy atom. The highest BCUT2D eigenvalue weighted by Crippen LogP contribution is 1.95. The molecule has 0 spiro atoms. The standard InChI is InChI=1S/C6H6O/c7-6-4-2-1-3-5-6/h2,5-7H,4H2. The van der Waals surface area contributed by atoms with E-state index in [0.29, 0.717) is 6.42 Å². The van der Waals surface area contributed by atoms with Crippen molar-refractivity contribution >= 4 is 0 Å². The van der Waals surface area contributed by atoms with Crippen LogP contribution >= 0.6 is 0 Å². The molecule has 0 bridgehead atoms. The van der Waals surface area contributed by atoms with E-state index in [0.717, 1.165) is 0 Å². The molecule has 7 heavy (non-hydrogen) atoms. The van der Waals surface area contributed by atoms with Gasteiger partial charge in [-0.1, -0.05) is 11.5 Å². The molecule has 1 aliphatic rings. The van der Waals surface area contributed by atoms with E-state index in [-0.39, 0.29) is 6.10 Å². The predicted molar refractivity (Wildman–Crippen MR) is 26.8 cm³/mol. The van der Waals surface area contributed by atoms with Crippen LogP contribution in [-0.4, -0.2) is 11.2 Å². The van der Waals surface area contributed by atoms with Gasteiger partial charge in [0.15, 0.2) is 0 Å². The zero-order valence-electron chi connectivity index (χ0n) is 3.89. The summed E-state index contributed by atoms with van der Waals surface area (Å²) in [6, 6.07) is 0. The largest absolute Gasteiger partial charge is 0.388 e. The molecule has 1 aliphatic carbocycles. The monoisotopic (exact) mass is 94.0 g/mol. The van der Waals surface area contributed by atoms with Gasteiger partial charge in [-0.05, 0) is 12.2 Å². The Kier molecular flexibility index (Phi) is 1.14. The van der Waals surface area contributed by atoms with Crippen LogP contribution in [0, 0.1) is 0 Å². The minimum Gasteiger partial charge on any atom is -0.388 e. The van der Waals surface area contributed by atoms with E-state index in [1.807, 2.05) is 0 Å². The minimum absolute atomic E-state index is 0.318. The van der Waals surface area contributed by atoms with Crippen molar-refractivity contribution in [2.45, 2.75) is 12.5 Å². The summed E-state index contributed by atoms with van der Waals surface area (Å²) in [5.41, 5.74) is 5.38. The maximum absolute atomic E-state index is 8.72. The lowest BCUT2D eigenvalue weighted by atomic mass is 10.2. The third-order valence-corrected chi connectivity index (χ3v) is 0.820. The van der Waals surface area contributed by atoms with Gasteiger partial charge in [-0.15, -0.1) is 0 Å². The molecule has 0 aromatic carbocycles. The van der Waals surface area contributed by atoms with Gasteiger partial charge >= 0.3 is 0 Å². The van der Waals surface area contributed by atoms with E-state index in [1.54, 1.807) is 12.2 Å². The molecule has 1 heteroatoms. The molecule has 36 valence electrons. The van der Waals surface area contributed by atoms with Crippen molar-refractivity contribution in [3.05, 3.63) is 23.6 Å². The average molecular weight is 94.1 g/mol. The fourth-order valence-corrected chi connectivity index (χ4v) is 0.451. The van der Waals surface area contributed by atoms with Crippen LogP contribution in [0.3, 0.4) is 0 Å². The lowest BCUT2D eigenvalue weighted by Gasteiger charge is -1.96. The highest BCUT2D eigenvalue weighted by Gasteiger charge is 1.93. The lowest BCUT2D eigenvalue weighted by Crippen LogP contribution is -1.98. The first-order chi connectivity index (χ1) is 3.39. The molecule has 0 aromatic rings. The summed E-state index contributed by atoms with van der Waals surface area (Å²) < 4.78 is 0. The van der Waals surface area contributed by atoms with Gasteiger partial charge in [0, 0.05) is 6.42 Å². The Hall–Kier alpha value is -0.740. The normalized spacial score (nSPS) is 26.1. The van der Waals surface area contributed by atoms with Crippen LogP contribution in [0.15, 0.2) is 23.6 Å². The third kappa shape index (κ3) is 1.06. The summed E-state index contributed by atoms with van der Waals surface area (Å²) >= 11 is 0. The SMILES string of the molecule is OC1C=C=C=CC1. The number of aliphatic hydroxyl groups is 1. The van der Waals surface area contributed by atoms with E-state index in [2.05, 4.69) is 11.5 Å². The molecule has 0 fully saturated rings. The molecular formula is C6H6O. The van der Waals surface area contributed by atoms with Crippen LogP contribution < -0.4 is 0 Å². The molecule has 1 atom stereocenters. The minimum atomic E-state index is -0.318. The van der Waals surface area contributed by atoms with Crippen LogP contribution in [0.25, 0.3) is 0 Å². The van der Waals surface area contributed by atoms with Crippen LogP contribution in [0.5, 0.6) is 0 Å². The zero-order chi connectivity index (χ0) is 5.11. The van der Waals surface area contributed by atoms with Gasteiger partial charge < -0.3 is 5.11 Å². The summed E-state index contributed by atoms with van der Waals surface area (Å²) in [4.78, 5) is 0. The lowest BCUT2D eigenvalue weighted by molar-refractivity contribution is 0.226. The smallest absolute Gasteiger partial charge is 0.0841 e. The second-order valence-electron chi connectivity index (χ2n) is 1.46. The molecule has 1 N–H and O–H groups in total. The summed E-state index contributed by atoms with van der Waals surface area (Å²) in [5.74, 6) is 0. The molecule has 0 radical (unpaired) electrons. The van der Waals surface area contributed by atoms with E-state index < -0.39 is 0 Å². The molecule has 0 aromatic heterocycles. The van der Waals surface area contributed by atoms with Crippen LogP contribution in [0.4, 0.5) is 0 Å². The summed E-state index contributed by atoms with van der Waals surface area (Å²) in [6.45, 7) is 0. The average Bonchev–Trinajstić information content (AvgIpc) is 1.69. The van der Waals surface area contributed by atoms with E-state index in [1.165, 1.54) is 0 Å². The van der Waals surface area contributed by atoms with Gasteiger partial charge in [0.05, 0.1) is 6.10 Å². The van der Waals surface area contributed by atoms with Gasteiger partial charge in [-0.2, -0.15) is 0 Å².